The first-order valence-corrected chi connectivity index (χ1v) is 6.30. The van der Waals surface area contributed by atoms with Crippen LogP contribution in [0.3, 0.4) is 0 Å². The quantitative estimate of drug-likeness (QED) is 0.362. The average molecular weight is 269 g/mol. The first kappa shape index (κ1) is 12.7. The van der Waals surface area contributed by atoms with E-state index in [1.54, 1.807) is 0 Å². The molecule has 1 aromatic heterocycles. The molecule has 0 atom stereocenters. The van der Waals surface area contributed by atoms with Gasteiger partial charge in [0.05, 0.1) is 11.3 Å². The third-order valence-electron chi connectivity index (χ3n) is 2.82. The summed E-state index contributed by atoms with van der Waals surface area (Å²) in [5, 5.41) is 19.6. The van der Waals surface area contributed by atoms with Crippen molar-refractivity contribution < 1.29 is 14.8 Å². The van der Waals surface area contributed by atoms with E-state index in [1.807, 2.05) is 0 Å². The summed E-state index contributed by atoms with van der Waals surface area (Å²) < 4.78 is 0. The summed E-state index contributed by atoms with van der Waals surface area (Å²) in [5.74, 6) is -0.158. The van der Waals surface area contributed by atoms with Crippen molar-refractivity contribution >= 4 is 23.4 Å². The fraction of sp³-hybridized carbons (Fsp3) is 0.500. The van der Waals surface area contributed by atoms with Gasteiger partial charge in [-0.05, 0) is 18.3 Å². The molecule has 0 aliphatic heterocycles. The molecule has 1 N–H and O–H groups in total. The molecule has 2 rings (SSSR count). The lowest BCUT2D eigenvalue weighted by atomic mass is 10.1. The van der Waals surface area contributed by atoms with Crippen LogP contribution >= 0.6 is 11.8 Å². The van der Waals surface area contributed by atoms with Gasteiger partial charge in [-0.25, -0.2) is 9.97 Å². The van der Waals surface area contributed by atoms with Crippen molar-refractivity contribution in [1.82, 2.24) is 9.97 Å². The van der Waals surface area contributed by atoms with Crippen molar-refractivity contribution in [1.29, 1.82) is 0 Å². The standard InChI is InChI=1S/C10H11N3O4S/c14-8(15)3-10(1-2-10)6-18-9-11-4-7(5-12-9)13(16)17/h4-5H,1-3,6H2,(H,14,15). The predicted molar refractivity (Wildman–Crippen MR) is 63.3 cm³/mol. The van der Waals surface area contributed by atoms with Crippen LogP contribution in [0.25, 0.3) is 0 Å². The molecule has 1 aromatic rings. The average Bonchev–Trinajstić information content (AvgIpc) is 3.06. The summed E-state index contributed by atoms with van der Waals surface area (Å²) in [6.07, 6.45) is 4.28. The zero-order valence-corrected chi connectivity index (χ0v) is 10.2. The van der Waals surface area contributed by atoms with Gasteiger partial charge in [0.15, 0.2) is 5.16 Å². The van der Waals surface area contributed by atoms with Crippen molar-refractivity contribution in [3.63, 3.8) is 0 Å². The number of carboxylic acids is 1. The number of carbonyl (C=O) groups is 1. The zero-order chi connectivity index (χ0) is 13.2. The zero-order valence-electron chi connectivity index (χ0n) is 9.40. The predicted octanol–water partition coefficient (Wildman–Crippen LogP) is 1.73. The number of rotatable bonds is 6. The molecule has 0 amide bonds. The topological polar surface area (TPSA) is 106 Å². The van der Waals surface area contributed by atoms with Crippen LogP contribution in [0, 0.1) is 15.5 Å². The summed E-state index contributed by atoms with van der Waals surface area (Å²) in [5.41, 5.74) is -0.284. The third-order valence-corrected chi connectivity index (χ3v) is 4.04. The van der Waals surface area contributed by atoms with Crippen LogP contribution in [0.5, 0.6) is 0 Å². The fourth-order valence-corrected chi connectivity index (χ4v) is 2.65. The second kappa shape index (κ2) is 4.89. The van der Waals surface area contributed by atoms with Gasteiger partial charge in [-0.2, -0.15) is 0 Å². The molecule has 8 heteroatoms. The monoisotopic (exact) mass is 269 g/mol. The normalized spacial score (nSPS) is 16.2. The van der Waals surface area contributed by atoms with E-state index in [-0.39, 0.29) is 17.5 Å². The molecule has 1 fully saturated rings. The van der Waals surface area contributed by atoms with Crippen LogP contribution in [0.4, 0.5) is 5.69 Å². The minimum Gasteiger partial charge on any atom is -0.481 e. The smallest absolute Gasteiger partial charge is 0.305 e. The molecule has 0 bridgehead atoms. The van der Waals surface area contributed by atoms with Crippen molar-refractivity contribution in [2.75, 3.05) is 5.75 Å². The highest BCUT2D eigenvalue weighted by Gasteiger charge is 2.44. The lowest BCUT2D eigenvalue weighted by molar-refractivity contribution is -0.385. The van der Waals surface area contributed by atoms with E-state index in [2.05, 4.69) is 9.97 Å². The largest absolute Gasteiger partial charge is 0.481 e. The summed E-state index contributed by atoms with van der Waals surface area (Å²) in [4.78, 5) is 28.3. The molecule has 7 nitrogen and oxygen atoms in total. The van der Waals surface area contributed by atoms with E-state index in [0.717, 1.165) is 25.2 Å². The minimum atomic E-state index is -0.794. The third kappa shape index (κ3) is 3.16. The Morgan fingerprint density at radius 1 is 1.50 bits per heavy atom. The van der Waals surface area contributed by atoms with Gasteiger partial charge in [0, 0.05) is 5.75 Å². The Labute approximate surface area is 107 Å². The first-order chi connectivity index (χ1) is 8.51. The van der Waals surface area contributed by atoms with Crippen LogP contribution in [0.1, 0.15) is 19.3 Å². The first-order valence-electron chi connectivity index (χ1n) is 5.32. The summed E-state index contributed by atoms with van der Waals surface area (Å²) >= 11 is 1.34. The Bertz CT molecular complexity index is 473. The number of nitro groups is 1. The van der Waals surface area contributed by atoms with E-state index in [9.17, 15) is 14.9 Å². The maximum atomic E-state index is 10.7. The molecular formula is C10H11N3O4S. The lowest BCUT2D eigenvalue weighted by Crippen LogP contribution is -2.11. The van der Waals surface area contributed by atoms with Crippen LogP contribution in [0.15, 0.2) is 17.6 Å². The lowest BCUT2D eigenvalue weighted by Gasteiger charge is -2.10. The highest BCUT2D eigenvalue weighted by atomic mass is 32.2. The second-order valence-electron chi connectivity index (χ2n) is 4.34. The van der Waals surface area contributed by atoms with E-state index < -0.39 is 10.9 Å². The number of aliphatic carboxylic acids is 1. The number of aromatic nitrogens is 2. The van der Waals surface area contributed by atoms with Crippen molar-refractivity contribution in [2.24, 2.45) is 5.41 Å². The van der Waals surface area contributed by atoms with Gasteiger partial charge in [0.25, 0.3) is 0 Å². The van der Waals surface area contributed by atoms with Gasteiger partial charge < -0.3 is 5.11 Å². The van der Waals surface area contributed by atoms with Gasteiger partial charge in [-0.15, -0.1) is 0 Å². The molecule has 1 saturated carbocycles. The Morgan fingerprint density at radius 2 is 2.11 bits per heavy atom. The van der Waals surface area contributed by atoms with Gasteiger partial charge in [0.1, 0.15) is 12.4 Å². The van der Waals surface area contributed by atoms with E-state index in [4.69, 9.17) is 5.11 Å². The van der Waals surface area contributed by atoms with Gasteiger partial charge in [-0.1, -0.05) is 11.8 Å². The summed E-state index contributed by atoms with van der Waals surface area (Å²) in [6.45, 7) is 0. The van der Waals surface area contributed by atoms with Gasteiger partial charge in [-0.3, -0.25) is 14.9 Å². The highest BCUT2D eigenvalue weighted by molar-refractivity contribution is 7.99. The van der Waals surface area contributed by atoms with Gasteiger partial charge in [0.2, 0.25) is 0 Å². The molecule has 0 aromatic carbocycles. The number of nitrogens with zero attached hydrogens (tertiary/aromatic N) is 3. The molecule has 0 saturated heterocycles. The van der Waals surface area contributed by atoms with Crippen LogP contribution < -0.4 is 0 Å². The van der Waals surface area contributed by atoms with Crippen molar-refractivity contribution in [3.05, 3.63) is 22.5 Å². The number of carboxylic acid groups (broad SMARTS) is 1. The second-order valence-corrected chi connectivity index (χ2v) is 5.28. The number of thioether (sulfide) groups is 1. The Morgan fingerprint density at radius 3 is 2.56 bits per heavy atom. The number of hydrogen-bond acceptors (Lipinski definition) is 6. The molecule has 1 aliphatic carbocycles. The van der Waals surface area contributed by atoms with Crippen LogP contribution in [-0.4, -0.2) is 31.7 Å². The van der Waals surface area contributed by atoms with Crippen molar-refractivity contribution in [3.8, 4) is 0 Å². The maximum Gasteiger partial charge on any atom is 0.305 e. The Kier molecular flexibility index (Phi) is 3.46. The molecule has 0 spiro atoms. The molecular weight excluding hydrogens is 258 g/mol. The summed E-state index contributed by atoms with van der Waals surface area (Å²) in [7, 11) is 0. The summed E-state index contributed by atoms with van der Waals surface area (Å²) in [6, 6.07) is 0. The Hall–Kier alpha value is -1.70. The van der Waals surface area contributed by atoms with Crippen molar-refractivity contribution in [2.45, 2.75) is 24.4 Å². The van der Waals surface area contributed by atoms with Crippen LogP contribution in [0.2, 0.25) is 0 Å². The molecule has 18 heavy (non-hydrogen) atoms. The maximum absolute atomic E-state index is 10.7. The molecule has 0 unspecified atom stereocenters. The minimum absolute atomic E-state index is 0.137. The van der Waals surface area contributed by atoms with E-state index in [0.29, 0.717) is 10.9 Å². The van der Waals surface area contributed by atoms with E-state index in [1.165, 1.54) is 11.8 Å². The molecule has 1 heterocycles. The molecule has 1 aliphatic rings. The molecule has 0 radical (unpaired) electrons. The van der Waals surface area contributed by atoms with E-state index >= 15 is 0 Å². The highest BCUT2D eigenvalue weighted by Crippen LogP contribution is 2.51. The number of hydrogen-bond donors (Lipinski definition) is 1. The van der Waals surface area contributed by atoms with Crippen LogP contribution in [-0.2, 0) is 4.79 Å². The Balaban J connectivity index is 1.90. The fourth-order valence-electron chi connectivity index (χ4n) is 1.57. The molecule has 96 valence electrons. The van der Waals surface area contributed by atoms with Gasteiger partial charge >= 0.3 is 11.7 Å². The SMILES string of the molecule is O=C(O)CC1(CSc2ncc([N+](=O)[O-])cn2)CC1.